The van der Waals surface area contributed by atoms with E-state index in [9.17, 15) is 4.79 Å². The number of carbonyl (C=O) groups is 1. The smallest absolute Gasteiger partial charge is 0.257 e. The van der Waals surface area contributed by atoms with Gasteiger partial charge in [-0.25, -0.2) is 0 Å². The van der Waals surface area contributed by atoms with E-state index in [4.69, 9.17) is 0 Å². The summed E-state index contributed by atoms with van der Waals surface area (Å²) < 4.78 is 1.93. The van der Waals surface area contributed by atoms with Crippen LogP contribution < -0.4 is 0 Å². The number of nitrogens with zero attached hydrogens (tertiary/aromatic N) is 3. The molecule has 1 fully saturated rings. The maximum atomic E-state index is 12.4. The summed E-state index contributed by atoms with van der Waals surface area (Å²) in [4.78, 5) is 14.3. The van der Waals surface area contributed by atoms with E-state index < -0.39 is 0 Å². The highest BCUT2D eigenvalue weighted by molar-refractivity contribution is 5.94. The lowest BCUT2D eigenvalue weighted by Crippen LogP contribution is -2.36. The fraction of sp³-hybridized carbons (Fsp3) is 0.467. The van der Waals surface area contributed by atoms with E-state index in [0.717, 1.165) is 13.0 Å². The number of aromatic nitrogens is 2. The van der Waals surface area contributed by atoms with Gasteiger partial charge in [-0.3, -0.25) is 9.48 Å². The van der Waals surface area contributed by atoms with Crippen LogP contribution in [0.4, 0.5) is 0 Å². The van der Waals surface area contributed by atoms with Crippen LogP contribution in [0.1, 0.15) is 42.6 Å². The topological polar surface area (TPSA) is 38.1 Å². The number of allylic oxidation sites excluding steroid dienone is 1. The number of carbonyl (C=O) groups excluding carboxylic acids is 1. The zero-order chi connectivity index (χ0) is 13.4. The van der Waals surface area contributed by atoms with E-state index in [0.29, 0.717) is 18.2 Å². The summed E-state index contributed by atoms with van der Waals surface area (Å²) in [6.45, 7) is 7.36. The fourth-order valence-electron chi connectivity index (χ4n) is 2.56. The fourth-order valence-corrected chi connectivity index (χ4v) is 2.56. The van der Waals surface area contributed by atoms with Gasteiger partial charge in [-0.2, -0.15) is 5.10 Å². The molecule has 0 radical (unpaired) electrons. The van der Waals surface area contributed by atoms with Gasteiger partial charge in [-0.15, -0.1) is 0 Å². The van der Waals surface area contributed by atoms with Gasteiger partial charge in [0.1, 0.15) is 0 Å². The molecule has 3 rings (SSSR count). The van der Waals surface area contributed by atoms with Crippen molar-refractivity contribution < 1.29 is 4.79 Å². The van der Waals surface area contributed by atoms with Crippen LogP contribution >= 0.6 is 0 Å². The second kappa shape index (κ2) is 4.68. The first kappa shape index (κ1) is 12.2. The Kier molecular flexibility index (Phi) is 3.01. The van der Waals surface area contributed by atoms with Gasteiger partial charge < -0.3 is 4.90 Å². The van der Waals surface area contributed by atoms with Crippen molar-refractivity contribution in [2.45, 2.75) is 32.2 Å². The predicted molar refractivity (Wildman–Crippen MR) is 73.9 cm³/mol. The Labute approximate surface area is 113 Å². The van der Waals surface area contributed by atoms with E-state index in [1.807, 2.05) is 21.9 Å². The Morgan fingerprint density at radius 1 is 1.53 bits per heavy atom. The SMILES string of the molecule is C=CC1=C(C)CN(C(=O)c2cnn(C3CC3)c2)CC1. The third-order valence-electron chi connectivity index (χ3n) is 3.93. The van der Waals surface area contributed by atoms with Crippen molar-refractivity contribution in [2.24, 2.45) is 0 Å². The van der Waals surface area contributed by atoms with Crippen molar-refractivity contribution in [3.05, 3.63) is 41.8 Å². The van der Waals surface area contributed by atoms with Crippen molar-refractivity contribution in [2.75, 3.05) is 13.1 Å². The highest BCUT2D eigenvalue weighted by atomic mass is 16.2. The number of rotatable bonds is 3. The Morgan fingerprint density at radius 3 is 2.95 bits per heavy atom. The molecule has 1 aliphatic carbocycles. The average molecular weight is 257 g/mol. The largest absolute Gasteiger partial charge is 0.334 e. The minimum Gasteiger partial charge on any atom is -0.334 e. The molecule has 2 aliphatic rings. The molecule has 1 aliphatic heterocycles. The Bertz CT molecular complexity index is 551. The van der Waals surface area contributed by atoms with Gasteiger partial charge in [-0.05, 0) is 31.8 Å². The minimum atomic E-state index is 0.0920. The van der Waals surface area contributed by atoms with Gasteiger partial charge in [0, 0.05) is 19.3 Å². The van der Waals surface area contributed by atoms with Crippen LogP contribution in [-0.4, -0.2) is 33.7 Å². The first-order valence-corrected chi connectivity index (χ1v) is 6.83. The van der Waals surface area contributed by atoms with E-state index in [-0.39, 0.29) is 5.91 Å². The molecule has 0 saturated heterocycles. The number of hydrogen-bond acceptors (Lipinski definition) is 2. The summed E-state index contributed by atoms with van der Waals surface area (Å²) >= 11 is 0. The maximum absolute atomic E-state index is 12.4. The van der Waals surface area contributed by atoms with Crippen LogP contribution in [0.25, 0.3) is 0 Å². The summed E-state index contributed by atoms with van der Waals surface area (Å²) in [6, 6.07) is 0.525. The second-order valence-electron chi connectivity index (χ2n) is 5.43. The molecule has 1 aromatic heterocycles. The molecular formula is C15H19N3O. The third kappa shape index (κ3) is 2.35. The normalized spacial score (nSPS) is 19.7. The molecule has 1 amide bonds. The summed E-state index contributed by atoms with van der Waals surface area (Å²) in [5.41, 5.74) is 3.23. The van der Waals surface area contributed by atoms with E-state index in [1.165, 1.54) is 24.0 Å². The molecule has 4 heteroatoms. The summed E-state index contributed by atoms with van der Waals surface area (Å²) in [7, 11) is 0. The van der Waals surface area contributed by atoms with Gasteiger partial charge in [0.15, 0.2) is 0 Å². The van der Waals surface area contributed by atoms with Gasteiger partial charge in [-0.1, -0.05) is 18.2 Å². The van der Waals surface area contributed by atoms with Gasteiger partial charge in [0.05, 0.1) is 17.8 Å². The molecule has 0 bridgehead atoms. The maximum Gasteiger partial charge on any atom is 0.257 e. The molecule has 1 aromatic rings. The van der Waals surface area contributed by atoms with E-state index in [1.54, 1.807) is 6.20 Å². The summed E-state index contributed by atoms with van der Waals surface area (Å²) in [5, 5.41) is 4.29. The first-order valence-electron chi connectivity index (χ1n) is 6.83. The quantitative estimate of drug-likeness (QED) is 0.834. The summed E-state index contributed by atoms with van der Waals surface area (Å²) in [6.07, 6.45) is 8.76. The predicted octanol–water partition coefficient (Wildman–Crippen LogP) is 2.57. The lowest BCUT2D eigenvalue weighted by atomic mass is 10.0. The van der Waals surface area contributed by atoms with Gasteiger partial charge in [0.2, 0.25) is 0 Å². The van der Waals surface area contributed by atoms with Crippen molar-refractivity contribution in [3.63, 3.8) is 0 Å². The van der Waals surface area contributed by atoms with Crippen molar-refractivity contribution in [1.82, 2.24) is 14.7 Å². The second-order valence-corrected chi connectivity index (χ2v) is 5.43. The zero-order valence-electron chi connectivity index (χ0n) is 11.3. The minimum absolute atomic E-state index is 0.0920. The zero-order valence-corrected chi connectivity index (χ0v) is 11.3. The molecule has 0 unspecified atom stereocenters. The molecule has 0 aromatic carbocycles. The standard InChI is InChI=1S/C15H19N3O/c1-3-12-6-7-17(9-11(12)2)15(19)13-8-16-18(10-13)14-4-5-14/h3,8,10,14H,1,4-7,9H2,2H3. The lowest BCUT2D eigenvalue weighted by Gasteiger charge is -2.28. The highest BCUT2D eigenvalue weighted by Crippen LogP contribution is 2.34. The molecule has 0 spiro atoms. The molecule has 1 saturated carbocycles. The molecule has 2 heterocycles. The van der Waals surface area contributed by atoms with Crippen LogP contribution in [0.15, 0.2) is 36.2 Å². The molecule has 19 heavy (non-hydrogen) atoms. The molecule has 0 atom stereocenters. The van der Waals surface area contributed by atoms with Crippen molar-refractivity contribution in [3.8, 4) is 0 Å². The molecule has 100 valence electrons. The van der Waals surface area contributed by atoms with Crippen LogP contribution in [0.5, 0.6) is 0 Å². The van der Waals surface area contributed by atoms with Gasteiger partial charge >= 0.3 is 0 Å². The Hall–Kier alpha value is -1.84. The van der Waals surface area contributed by atoms with Crippen LogP contribution in [0.3, 0.4) is 0 Å². The average Bonchev–Trinajstić information content (AvgIpc) is 3.16. The first-order chi connectivity index (χ1) is 9.19. The third-order valence-corrected chi connectivity index (χ3v) is 3.93. The summed E-state index contributed by atoms with van der Waals surface area (Å²) in [5.74, 6) is 0.0920. The van der Waals surface area contributed by atoms with E-state index >= 15 is 0 Å². The van der Waals surface area contributed by atoms with E-state index in [2.05, 4.69) is 18.6 Å². The monoisotopic (exact) mass is 257 g/mol. The number of hydrogen-bond donors (Lipinski definition) is 0. The van der Waals surface area contributed by atoms with Crippen molar-refractivity contribution >= 4 is 5.91 Å². The lowest BCUT2D eigenvalue weighted by molar-refractivity contribution is 0.0764. The molecule has 0 N–H and O–H groups in total. The molecule has 4 nitrogen and oxygen atoms in total. The van der Waals surface area contributed by atoms with Crippen LogP contribution in [0.2, 0.25) is 0 Å². The van der Waals surface area contributed by atoms with Crippen LogP contribution in [0, 0.1) is 0 Å². The number of amides is 1. The highest BCUT2D eigenvalue weighted by Gasteiger charge is 2.27. The molecular weight excluding hydrogens is 238 g/mol. The Morgan fingerprint density at radius 2 is 2.32 bits per heavy atom. The van der Waals surface area contributed by atoms with Gasteiger partial charge in [0.25, 0.3) is 5.91 Å². The van der Waals surface area contributed by atoms with Crippen LogP contribution in [-0.2, 0) is 0 Å². The Balaban J connectivity index is 1.73. The van der Waals surface area contributed by atoms with Crippen molar-refractivity contribution in [1.29, 1.82) is 0 Å².